The molecule has 0 saturated carbocycles. The molecule has 0 bridgehead atoms. The van der Waals surface area contributed by atoms with Crippen LogP contribution in [0.4, 0.5) is 11.4 Å². The van der Waals surface area contributed by atoms with Crippen LogP contribution in [0.2, 0.25) is 0 Å². The maximum absolute atomic E-state index is 13.1. The van der Waals surface area contributed by atoms with Crippen molar-refractivity contribution in [2.45, 2.75) is 25.9 Å². The molecule has 3 aromatic carbocycles. The van der Waals surface area contributed by atoms with E-state index < -0.39 is 0 Å². The largest absolute Gasteiger partial charge is 0.395 e. The number of hydrogen-bond acceptors (Lipinski definition) is 6. The average Bonchev–Trinajstić information content (AvgIpc) is 3.50. The normalized spacial score (nSPS) is 14.3. The quantitative estimate of drug-likeness (QED) is 0.248. The lowest BCUT2D eigenvalue weighted by Gasteiger charge is -2.28. The highest BCUT2D eigenvalue weighted by Gasteiger charge is 2.13. The molecule has 202 valence electrons. The number of carbonyl (C=O) groups excluding carboxylic acids is 1. The Morgan fingerprint density at radius 3 is 2.54 bits per heavy atom. The van der Waals surface area contributed by atoms with Crippen molar-refractivity contribution in [2.75, 3.05) is 43.1 Å². The number of imidazole rings is 1. The maximum atomic E-state index is 13.1. The summed E-state index contributed by atoms with van der Waals surface area (Å²) in [5.74, 6) is -0.136. The molecular weight excluding hydrogens is 490 g/mol. The number of hydrogen-bond donors (Lipinski definition) is 4. The van der Waals surface area contributed by atoms with Gasteiger partial charge in [0.15, 0.2) is 0 Å². The Balaban J connectivity index is 1.21. The number of morpholine rings is 1. The number of aromatic nitrogens is 2. The first-order valence-electron chi connectivity index (χ1n) is 13.3. The van der Waals surface area contributed by atoms with Crippen LogP contribution in [0.1, 0.15) is 27.2 Å². The molecule has 8 heteroatoms. The number of amides is 1. The Labute approximate surface area is 229 Å². The minimum absolute atomic E-state index is 0.0448. The number of rotatable bonds is 10. The topological polar surface area (TPSA) is 103 Å². The number of nitrogens with one attached hydrogen (secondary N) is 3. The molecule has 1 aliphatic rings. The maximum Gasteiger partial charge on any atom is 0.255 e. The van der Waals surface area contributed by atoms with Gasteiger partial charge in [-0.3, -0.25) is 4.79 Å². The molecule has 5 rings (SSSR count). The third-order valence-electron chi connectivity index (χ3n) is 7.10. The van der Waals surface area contributed by atoms with Crippen molar-refractivity contribution in [2.24, 2.45) is 0 Å². The van der Waals surface area contributed by atoms with Crippen LogP contribution < -0.4 is 15.5 Å². The summed E-state index contributed by atoms with van der Waals surface area (Å²) in [6, 6.07) is 22.0. The second-order valence-electron chi connectivity index (χ2n) is 9.87. The van der Waals surface area contributed by atoms with Gasteiger partial charge in [-0.25, -0.2) is 4.98 Å². The van der Waals surface area contributed by atoms with Crippen LogP contribution in [-0.4, -0.2) is 59.9 Å². The number of ether oxygens (including phenoxy) is 1. The minimum Gasteiger partial charge on any atom is -0.395 e. The Morgan fingerprint density at radius 1 is 1.08 bits per heavy atom. The van der Waals surface area contributed by atoms with Gasteiger partial charge < -0.3 is 30.4 Å². The third-order valence-corrected chi connectivity index (χ3v) is 7.10. The standard InChI is InChI=1S/C31H35N5O3/c1-22-2-5-25(31(38)35-26-8-10-29(11-9-26)36-12-14-39-15-13-36)16-30(22)24-6-3-23(4-7-24)18-33-28(20-37)17-27-19-32-21-34-27/h2-11,16,19,21,28,33,37H,12-15,17-18,20H2,1H3,(H,32,34)(H,35,38). The van der Waals surface area contributed by atoms with E-state index in [2.05, 4.69) is 56.7 Å². The summed E-state index contributed by atoms with van der Waals surface area (Å²) in [7, 11) is 0. The fourth-order valence-corrected chi connectivity index (χ4v) is 4.78. The van der Waals surface area contributed by atoms with Crippen LogP contribution >= 0.6 is 0 Å². The van der Waals surface area contributed by atoms with Gasteiger partial charge in [0, 0.05) is 60.9 Å². The molecule has 1 amide bonds. The van der Waals surface area contributed by atoms with Crippen molar-refractivity contribution < 1.29 is 14.6 Å². The molecule has 1 unspecified atom stereocenters. The molecule has 1 aromatic heterocycles. The van der Waals surface area contributed by atoms with Gasteiger partial charge in [0.25, 0.3) is 5.91 Å². The van der Waals surface area contributed by atoms with E-state index in [0.717, 1.165) is 65.6 Å². The number of aryl methyl sites for hydroxylation is 1. The molecule has 39 heavy (non-hydrogen) atoms. The smallest absolute Gasteiger partial charge is 0.255 e. The predicted molar refractivity (Wildman–Crippen MR) is 154 cm³/mol. The molecule has 1 atom stereocenters. The number of aliphatic hydroxyl groups excluding tert-OH is 1. The fourth-order valence-electron chi connectivity index (χ4n) is 4.78. The van der Waals surface area contributed by atoms with Gasteiger partial charge in [0.2, 0.25) is 0 Å². The van der Waals surface area contributed by atoms with Gasteiger partial charge in [-0.2, -0.15) is 0 Å². The number of nitrogens with zero attached hydrogens (tertiary/aromatic N) is 2. The zero-order chi connectivity index (χ0) is 27.0. The molecule has 0 spiro atoms. The molecule has 4 aromatic rings. The van der Waals surface area contributed by atoms with E-state index in [-0.39, 0.29) is 18.6 Å². The second kappa shape index (κ2) is 12.7. The summed E-state index contributed by atoms with van der Waals surface area (Å²) in [5.41, 5.74) is 7.81. The number of aromatic amines is 1. The van der Waals surface area contributed by atoms with E-state index >= 15 is 0 Å². The Hall–Kier alpha value is -3.98. The van der Waals surface area contributed by atoms with Crippen LogP contribution in [0, 0.1) is 6.92 Å². The summed E-state index contributed by atoms with van der Waals surface area (Å²) in [4.78, 5) is 22.5. The summed E-state index contributed by atoms with van der Waals surface area (Å²) >= 11 is 0. The van der Waals surface area contributed by atoms with E-state index in [1.807, 2.05) is 42.5 Å². The van der Waals surface area contributed by atoms with Gasteiger partial charge >= 0.3 is 0 Å². The lowest BCUT2D eigenvalue weighted by atomic mass is 9.97. The van der Waals surface area contributed by atoms with E-state index in [0.29, 0.717) is 18.5 Å². The van der Waals surface area contributed by atoms with Crippen LogP contribution in [0.5, 0.6) is 0 Å². The molecule has 1 fully saturated rings. The molecule has 0 radical (unpaired) electrons. The first kappa shape index (κ1) is 26.6. The monoisotopic (exact) mass is 525 g/mol. The van der Waals surface area contributed by atoms with E-state index in [1.54, 1.807) is 12.5 Å². The molecule has 4 N–H and O–H groups in total. The highest BCUT2D eigenvalue weighted by molar-refractivity contribution is 6.05. The van der Waals surface area contributed by atoms with Crippen molar-refractivity contribution in [1.29, 1.82) is 0 Å². The second-order valence-corrected chi connectivity index (χ2v) is 9.87. The van der Waals surface area contributed by atoms with Gasteiger partial charge in [-0.1, -0.05) is 30.3 Å². The van der Waals surface area contributed by atoms with Crippen molar-refractivity contribution >= 4 is 17.3 Å². The van der Waals surface area contributed by atoms with Crippen molar-refractivity contribution in [3.63, 3.8) is 0 Å². The zero-order valence-corrected chi connectivity index (χ0v) is 22.2. The van der Waals surface area contributed by atoms with Gasteiger partial charge in [0.05, 0.1) is 26.1 Å². The van der Waals surface area contributed by atoms with E-state index in [9.17, 15) is 9.90 Å². The number of H-pyrrole nitrogens is 1. The number of aliphatic hydroxyl groups is 1. The zero-order valence-electron chi connectivity index (χ0n) is 22.2. The van der Waals surface area contributed by atoms with Gasteiger partial charge in [0.1, 0.15) is 0 Å². The first-order valence-corrected chi connectivity index (χ1v) is 13.3. The summed E-state index contributed by atoms with van der Waals surface area (Å²) in [6.07, 6.45) is 4.10. The average molecular weight is 526 g/mol. The molecule has 1 aliphatic heterocycles. The van der Waals surface area contributed by atoms with Crippen LogP contribution in [0.3, 0.4) is 0 Å². The highest BCUT2D eigenvalue weighted by atomic mass is 16.5. The summed E-state index contributed by atoms with van der Waals surface area (Å²) < 4.78 is 5.43. The van der Waals surface area contributed by atoms with Crippen LogP contribution in [0.15, 0.2) is 79.3 Å². The predicted octanol–water partition coefficient (Wildman–Crippen LogP) is 4.17. The summed E-state index contributed by atoms with van der Waals surface area (Å²) in [5, 5.41) is 16.2. The van der Waals surface area contributed by atoms with Crippen LogP contribution in [0.25, 0.3) is 11.1 Å². The first-order chi connectivity index (χ1) is 19.1. The fraction of sp³-hybridized carbons (Fsp3) is 0.290. The molecule has 8 nitrogen and oxygen atoms in total. The minimum atomic E-state index is -0.136. The van der Waals surface area contributed by atoms with Crippen LogP contribution in [-0.2, 0) is 17.7 Å². The molecule has 1 saturated heterocycles. The molecular formula is C31H35N5O3. The lowest BCUT2D eigenvalue weighted by molar-refractivity contribution is 0.102. The van der Waals surface area contributed by atoms with E-state index in [1.165, 1.54) is 0 Å². The lowest BCUT2D eigenvalue weighted by Crippen LogP contribution is -2.36. The third kappa shape index (κ3) is 6.92. The number of anilines is 2. The highest BCUT2D eigenvalue weighted by Crippen LogP contribution is 2.26. The van der Waals surface area contributed by atoms with Crippen molar-refractivity contribution in [1.82, 2.24) is 15.3 Å². The van der Waals surface area contributed by atoms with Crippen molar-refractivity contribution in [3.05, 3.63) is 102 Å². The Kier molecular flexibility index (Phi) is 8.68. The summed E-state index contributed by atoms with van der Waals surface area (Å²) in [6.45, 7) is 5.98. The van der Waals surface area contributed by atoms with Gasteiger partial charge in [-0.15, -0.1) is 0 Å². The van der Waals surface area contributed by atoms with Crippen molar-refractivity contribution in [3.8, 4) is 11.1 Å². The SMILES string of the molecule is Cc1ccc(C(=O)Nc2ccc(N3CCOCC3)cc2)cc1-c1ccc(CNC(CO)Cc2cnc[nH]2)cc1. The molecule has 0 aliphatic carbocycles. The molecule has 2 heterocycles. The Morgan fingerprint density at radius 2 is 1.85 bits per heavy atom. The van der Waals surface area contributed by atoms with Gasteiger partial charge in [-0.05, 0) is 65.6 Å². The van der Waals surface area contributed by atoms with E-state index in [4.69, 9.17) is 4.74 Å². The number of benzene rings is 3. The number of carbonyl (C=O) groups is 1. The Bertz CT molecular complexity index is 1350.